The molecule has 0 bridgehead atoms. The Kier molecular flexibility index (Phi) is 5.72. The summed E-state index contributed by atoms with van der Waals surface area (Å²) in [4.78, 5) is 25.9. The van der Waals surface area contributed by atoms with E-state index < -0.39 is 12.0 Å². The number of carbonyl (C=O) groups excluding carboxylic acids is 2. The Morgan fingerprint density at radius 2 is 2.00 bits per heavy atom. The first-order valence-electron chi connectivity index (χ1n) is 7.03. The summed E-state index contributed by atoms with van der Waals surface area (Å²) in [5, 5.41) is 0. The Balaban J connectivity index is 3.32. The average molecular weight is 295 g/mol. The van der Waals surface area contributed by atoms with E-state index in [0.717, 1.165) is 17.7 Å². The van der Waals surface area contributed by atoms with Crippen LogP contribution < -0.4 is 0 Å². The number of ether oxygens (including phenoxy) is 2. The summed E-state index contributed by atoms with van der Waals surface area (Å²) in [6.07, 6.45) is 4.88. The highest BCUT2D eigenvalue weighted by Gasteiger charge is 2.38. The molecule has 0 spiro atoms. The van der Waals surface area contributed by atoms with Crippen LogP contribution in [0.5, 0.6) is 0 Å². The van der Waals surface area contributed by atoms with Crippen LogP contribution in [-0.4, -0.2) is 43.6 Å². The minimum atomic E-state index is -0.687. The summed E-state index contributed by atoms with van der Waals surface area (Å²) in [6, 6.07) is -0.687. The highest BCUT2D eigenvalue weighted by atomic mass is 16.5. The Bertz CT molecular complexity index is 477. The minimum absolute atomic E-state index is 0.0715. The van der Waals surface area contributed by atoms with Crippen molar-refractivity contribution in [2.75, 3.05) is 20.8 Å². The maximum absolute atomic E-state index is 12.5. The molecule has 21 heavy (non-hydrogen) atoms. The van der Waals surface area contributed by atoms with Crippen LogP contribution in [0.4, 0.5) is 0 Å². The van der Waals surface area contributed by atoms with E-state index in [-0.39, 0.29) is 17.9 Å². The normalized spacial score (nSPS) is 18.4. The third-order valence-electron chi connectivity index (χ3n) is 3.72. The third kappa shape index (κ3) is 3.73. The van der Waals surface area contributed by atoms with E-state index in [1.165, 1.54) is 19.1 Å². The molecule has 118 valence electrons. The zero-order valence-corrected chi connectivity index (χ0v) is 13.7. The van der Waals surface area contributed by atoms with Crippen molar-refractivity contribution in [2.24, 2.45) is 5.41 Å². The number of amides is 1. The summed E-state index contributed by atoms with van der Waals surface area (Å²) in [7, 11) is 2.79. The van der Waals surface area contributed by atoms with Gasteiger partial charge in [-0.3, -0.25) is 9.69 Å². The van der Waals surface area contributed by atoms with E-state index in [4.69, 9.17) is 9.47 Å². The van der Waals surface area contributed by atoms with Gasteiger partial charge < -0.3 is 9.47 Å². The maximum Gasteiger partial charge on any atom is 0.328 e. The lowest BCUT2D eigenvalue weighted by atomic mass is 9.78. The number of allylic oxidation sites excluding steroid dienone is 4. The number of nitrogens with zero attached hydrogens (tertiary/aromatic N) is 1. The van der Waals surface area contributed by atoms with Gasteiger partial charge in [0.05, 0.1) is 7.11 Å². The van der Waals surface area contributed by atoms with Gasteiger partial charge in [0.1, 0.15) is 12.6 Å². The molecule has 0 heterocycles. The van der Waals surface area contributed by atoms with Crippen LogP contribution in [0.2, 0.25) is 0 Å². The molecule has 0 aromatic rings. The largest absolute Gasteiger partial charge is 0.467 e. The van der Waals surface area contributed by atoms with Gasteiger partial charge in [0.25, 0.3) is 5.91 Å². The van der Waals surface area contributed by atoms with Crippen LogP contribution in [0.1, 0.15) is 34.1 Å². The van der Waals surface area contributed by atoms with Gasteiger partial charge >= 0.3 is 5.97 Å². The van der Waals surface area contributed by atoms with Crippen molar-refractivity contribution in [1.29, 1.82) is 0 Å². The monoisotopic (exact) mass is 295 g/mol. The van der Waals surface area contributed by atoms with Crippen LogP contribution in [0.3, 0.4) is 0 Å². The Labute approximate surface area is 126 Å². The van der Waals surface area contributed by atoms with Gasteiger partial charge in [-0.15, -0.1) is 0 Å². The average Bonchev–Trinajstić information content (AvgIpc) is 2.41. The highest BCUT2D eigenvalue weighted by Crippen LogP contribution is 2.39. The molecule has 0 saturated heterocycles. The van der Waals surface area contributed by atoms with E-state index in [1.807, 2.05) is 13.0 Å². The quantitative estimate of drug-likeness (QED) is 0.730. The summed E-state index contributed by atoms with van der Waals surface area (Å²) in [6.45, 7) is 7.68. The second kappa shape index (κ2) is 6.89. The molecule has 0 saturated carbocycles. The van der Waals surface area contributed by atoms with Gasteiger partial charge in [0, 0.05) is 18.2 Å². The lowest BCUT2D eigenvalue weighted by molar-refractivity contribution is -0.152. The van der Waals surface area contributed by atoms with E-state index in [0.29, 0.717) is 0 Å². The van der Waals surface area contributed by atoms with Gasteiger partial charge in [-0.1, -0.05) is 26.0 Å². The fourth-order valence-electron chi connectivity index (χ4n) is 2.76. The van der Waals surface area contributed by atoms with Crippen LogP contribution in [0, 0.1) is 5.41 Å². The standard InChI is InChI=1S/C16H25NO4/c1-11-8-7-9-16(3,4)14(11)17(13(18)10-20-5)12(2)15(19)21-6/h7-8,12H,9-10H2,1-6H3/t12-/m1/s1. The lowest BCUT2D eigenvalue weighted by Gasteiger charge is -2.40. The second-order valence-corrected chi connectivity index (χ2v) is 5.92. The number of rotatable bonds is 5. The molecule has 1 atom stereocenters. The summed E-state index contributed by atoms with van der Waals surface area (Å²) in [5.41, 5.74) is 1.60. The van der Waals surface area contributed by atoms with E-state index >= 15 is 0 Å². The molecule has 5 heteroatoms. The molecule has 1 rings (SSSR count). The van der Waals surface area contributed by atoms with Crippen molar-refractivity contribution in [3.05, 3.63) is 23.4 Å². The first-order valence-corrected chi connectivity index (χ1v) is 7.03. The van der Waals surface area contributed by atoms with E-state index in [1.54, 1.807) is 6.92 Å². The molecular weight excluding hydrogens is 270 g/mol. The molecule has 0 N–H and O–H groups in total. The first-order chi connectivity index (χ1) is 9.76. The molecular formula is C16H25NO4. The fourth-order valence-corrected chi connectivity index (χ4v) is 2.76. The maximum atomic E-state index is 12.5. The SMILES string of the molecule is COCC(=O)N(C1=C(C)C=CCC1(C)C)[C@H](C)C(=O)OC. The minimum Gasteiger partial charge on any atom is -0.467 e. The first kappa shape index (κ1) is 17.4. The molecule has 1 amide bonds. The Hall–Kier alpha value is -1.62. The zero-order valence-electron chi connectivity index (χ0n) is 13.7. The molecule has 1 aliphatic rings. The number of carbonyl (C=O) groups is 2. The predicted molar refractivity (Wildman–Crippen MR) is 80.4 cm³/mol. The van der Waals surface area contributed by atoms with Crippen molar-refractivity contribution >= 4 is 11.9 Å². The highest BCUT2D eigenvalue weighted by molar-refractivity contribution is 5.86. The number of methoxy groups -OCH3 is 2. The van der Waals surface area contributed by atoms with Crippen molar-refractivity contribution in [3.8, 4) is 0 Å². The smallest absolute Gasteiger partial charge is 0.328 e. The predicted octanol–water partition coefficient (Wildman–Crippen LogP) is 2.28. The van der Waals surface area contributed by atoms with Crippen molar-refractivity contribution < 1.29 is 19.1 Å². The van der Waals surface area contributed by atoms with Crippen molar-refractivity contribution in [3.63, 3.8) is 0 Å². The fraction of sp³-hybridized carbons (Fsp3) is 0.625. The number of hydrogen-bond acceptors (Lipinski definition) is 4. The molecule has 1 aliphatic carbocycles. The van der Waals surface area contributed by atoms with E-state index in [2.05, 4.69) is 19.9 Å². The van der Waals surface area contributed by atoms with Crippen LogP contribution >= 0.6 is 0 Å². The van der Waals surface area contributed by atoms with Crippen LogP contribution in [0.25, 0.3) is 0 Å². The van der Waals surface area contributed by atoms with Crippen LogP contribution in [0.15, 0.2) is 23.4 Å². The molecule has 0 fully saturated rings. The lowest BCUT2D eigenvalue weighted by Crippen LogP contribution is -2.48. The number of hydrogen-bond donors (Lipinski definition) is 0. The van der Waals surface area contributed by atoms with Gasteiger partial charge in [-0.2, -0.15) is 0 Å². The third-order valence-corrected chi connectivity index (χ3v) is 3.72. The van der Waals surface area contributed by atoms with Gasteiger partial charge in [-0.25, -0.2) is 4.79 Å². The van der Waals surface area contributed by atoms with Crippen molar-refractivity contribution in [1.82, 2.24) is 4.90 Å². The molecule has 0 aromatic heterocycles. The number of esters is 1. The zero-order chi connectivity index (χ0) is 16.2. The summed E-state index contributed by atoms with van der Waals surface area (Å²) < 4.78 is 9.76. The molecule has 0 radical (unpaired) electrons. The summed E-state index contributed by atoms with van der Waals surface area (Å²) in [5.74, 6) is -0.682. The van der Waals surface area contributed by atoms with Gasteiger partial charge in [-0.05, 0) is 25.8 Å². The molecule has 0 aromatic carbocycles. The Morgan fingerprint density at radius 3 is 2.48 bits per heavy atom. The molecule has 5 nitrogen and oxygen atoms in total. The van der Waals surface area contributed by atoms with Gasteiger partial charge in [0.2, 0.25) is 0 Å². The molecule has 0 aliphatic heterocycles. The topological polar surface area (TPSA) is 55.8 Å². The molecule has 0 unspecified atom stereocenters. The van der Waals surface area contributed by atoms with E-state index in [9.17, 15) is 9.59 Å². The summed E-state index contributed by atoms with van der Waals surface area (Å²) >= 11 is 0. The Morgan fingerprint density at radius 1 is 1.38 bits per heavy atom. The second-order valence-electron chi connectivity index (χ2n) is 5.92. The van der Waals surface area contributed by atoms with Crippen molar-refractivity contribution in [2.45, 2.75) is 40.2 Å². The van der Waals surface area contributed by atoms with Gasteiger partial charge in [0.15, 0.2) is 0 Å². The van der Waals surface area contributed by atoms with Crippen LogP contribution in [-0.2, 0) is 19.1 Å².